The van der Waals surface area contributed by atoms with Gasteiger partial charge in [-0.15, -0.1) is 0 Å². The Labute approximate surface area is 228 Å². The zero-order chi connectivity index (χ0) is 26.4. The number of urea groups is 1. The zero-order valence-corrected chi connectivity index (χ0v) is 22.5. The molecule has 1 aliphatic heterocycles. The second-order valence-corrected chi connectivity index (χ2v) is 10.2. The minimum Gasteiger partial charge on any atom is -0.338 e. The quantitative estimate of drug-likeness (QED) is 0.325. The van der Waals surface area contributed by atoms with Gasteiger partial charge in [0.2, 0.25) is 0 Å². The van der Waals surface area contributed by atoms with Crippen molar-refractivity contribution in [1.29, 1.82) is 0 Å². The molecular formula is C33H42N4O. The van der Waals surface area contributed by atoms with Crippen molar-refractivity contribution in [3.05, 3.63) is 120 Å². The van der Waals surface area contributed by atoms with Crippen LogP contribution in [0.3, 0.4) is 0 Å². The van der Waals surface area contributed by atoms with Gasteiger partial charge < -0.3 is 15.5 Å². The molecular weight excluding hydrogens is 468 g/mol. The van der Waals surface area contributed by atoms with E-state index in [1.807, 2.05) is 23.1 Å². The summed E-state index contributed by atoms with van der Waals surface area (Å²) in [5.41, 5.74) is 4.87. The second-order valence-electron chi connectivity index (χ2n) is 10.2. The lowest BCUT2D eigenvalue weighted by Crippen LogP contribution is -2.43. The number of hydrogen-bond donors (Lipinski definition) is 2. The van der Waals surface area contributed by atoms with E-state index in [0.717, 1.165) is 57.6 Å². The predicted molar refractivity (Wildman–Crippen MR) is 158 cm³/mol. The monoisotopic (exact) mass is 510 g/mol. The molecule has 4 rings (SSSR count). The smallest absolute Gasteiger partial charge is 0.317 e. The predicted octanol–water partition coefficient (Wildman–Crippen LogP) is 5.31. The van der Waals surface area contributed by atoms with E-state index in [0.29, 0.717) is 19.6 Å². The van der Waals surface area contributed by atoms with E-state index in [2.05, 4.69) is 94.9 Å². The summed E-state index contributed by atoms with van der Waals surface area (Å²) in [4.78, 5) is 17.9. The van der Waals surface area contributed by atoms with Gasteiger partial charge in [0.25, 0.3) is 0 Å². The number of carbonyl (C=O) groups is 1. The molecule has 0 aliphatic carbocycles. The molecule has 1 heterocycles. The highest BCUT2D eigenvalue weighted by Crippen LogP contribution is 2.28. The summed E-state index contributed by atoms with van der Waals surface area (Å²) in [5, 5.41) is 6.64. The Morgan fingerprint density at radius 3 is 2.18 bits per heavy atom. The summed E-state index contributed by atoms with van der Waals surface area (Å²) in [7, 11) is 0. The standard InChI is InChI=1S/C33H42N4O/c1-28(26-36-23-11-20-34-22-25-36)27-37(33(38)35-21-18-29-12-5-2-6-13-29)24-19-32(30-14-7-3-8-15-30)31-16-9-4-10-17-31/h2-10,12-17,32,34H,1,11,18-27H2,(H,35,38). The van der Waals surface area contributed by atoms with Crippen molar-refractivity contribution in [3.63, 3.8) is 0 Å². The van der Waals surface area contributed by atoms with Crippen LogP contribution in [0.5, 0.6) is 0 Å². The number of benzene rings is 3. The molecule has 0 atom stereocenters. The Morgan fingerprint density at radius 2 is 1.53 bits per heavy atom. The molecule has 3 aromatic carbocycles. The van der Waals surface area contributed by atoms with E-state index in [1.54, 1.807) is 0 Å². The van der Waals surface area contributed by atoms with Crippen LogP contribution in [0.4, 0.5) is 4.79 Å². The highest BCUT2D eigenvalue weighted by molar-refractivity contribution is 5.74. The lowest BCUT2D eigenvalue weighted by Gasteiger charge is -2.29. The van der Waals surface area contributed by atoms with Crippen LogP contribution in [0, 0.1) is 0 Å². The highest BCUT2D eigenvalue weighted by Gasteiger charge is 2.20. The largest absolute Gasteiger partial charge is 0.338 e. The van der Waals surface area contributed by atoms with Gasteiger partial charge in [0.05, 0.1) is 0 Å². The summed E-state index contributed by atoms with van der Waals surface area (Å²) in [6.07, 6.45) is 2.81. The van der Waals surface area contributed by atoms with E-state index in [-0.39, 0.29) is 11.9 Å². The van der Waals surface area contributed by atoms with Crippen molar-refractivity contribution in [2.75, 3.05) is 52.4 Å². The summed E-state index contributed by atoms with van der Waals surface area (Å²) >= 11 is 0. The van der Waals surface area contributed by atoms with Gasteiger partial charge in [0, 0.05) is 45.2 Å². The van der Waals surface area contributed by atoms with Crippen LogP contribution in [0.1, 0.15) is 35.4 Å². The molecule has 3 aromatic rings. The molecule has 38 heavy (non-hydrogen) atoms. The van der Waals surface area contributed by atoms with Gasteiger partial charge in [-0.05, 0) is 54.6 Å². The normalized spacial score (nSPS) is 14.1. The van der Waals surface area contributed by atoms with Crippen LogP contribution in [-0.2, 0) is 6.42 Å². The van der Waals surface area contributed by atoms with Crippen LogP contribution in [0.2, 0.25) is 0 Å². The van der Waals surface area contributed by atoms with Crippen LogP contribution in [0.15, 0.2) is 103 Å². The number of hydrogen-bond acceptors (Lipinski definition) is 3. The molecule has 0 bridgehead atoms. The number of amides is 2. The fourth-order valence-electron chi connectivity index (χ4n) is 5.20. The van der Waals surface area contributed by atoms with Crippen molar-refractivity contribution >= 4 is 6.03 Å². The third-order valence-electron chi connectivity index (χ3n) is 7.21. The average molecular weight is 511 g/mol. The Balaban J connectivity index is 1.43. The lowest BCUT2D eigenvalue weighted by molar-refractivity contribution is 0.199. The Morgan fingerprint density at radius 1 is 0.895 bits per heavy atom. The maximum Gasteiger partial charge on any atom is 0.317 e. The Bertz CT molecular complexity index is 1060. The third kappa shape index (κ3) is 8.86. The second kappa shape index (κ2) is 15.1. The van der Waals surface area contributed by atoms with Gasteiger partial charge >= 0.3 is 6.03 Å². The molecule has 1 aliphatic rings. The molecule has 2 N–H and O–H groups in total. The fraction of sp³-hybridized carbons (Fsp3) is 0.364. The number of rotatable bonds is 12. The highest BCUT2D eigenvalue weighted by atomic mass is 16.2. The minimum absolute atomic E-state index is 0.0144. The number of nitrogens with zero attached hydrogens (tertiary/aromatic N) is 2. The Hall–Kier alpha value is -3.41. The first-order valence-electron chi connectivity index (χ1n) is 14.0. The van der Waals surface area contributed by atoms with Gasteiger partial charge in [-0.3, -0.25) is 4.90 Å². The molecule has 200 valence electrons. The topological polar surface area (TPSA) is 47.6 Å². The molecule has 2 amide bonds. The van der Waals surface area contributed by atoms with E-state index in [4.69, 9.17) is 0 Å². The van der Waals surface area contributed by atoms with Crippen molar-refractivity contribution in [3.8, 4) is 0 Å². The van der Waals surface area contributed by atoms with Crippen molar-refractivity contribution < 1.29 is 4.79 Å². The van der Waals surface area contributed by atoms with Gasteiger partial charge in [-0.25, -0.2) is 4.79 Å². The summed E-state index contributed by atoms with van der Waals surface area (Å²) in [6.45, 7) is 11.2. The third-order valence-corrected chi connectivity index (χ3v) is 7.21. The fourth-order valence-corrected chi connectivity index (χ4v) is 5.20. The molecule has 1 saturated heterocycles. The van der Waals surface area contributed by atoms with Crippen LogP contribution >= 0.6 is 0 Å². The molecule has 0 unspecified atom stereocenters. The van der Waals surface area contributed by atoms with E-state index < -0.39 is 0 Å². The minimum atomic E-state index is -0.0144. The van der Waals surface area contributed by atoms with Crippen LogP contribution in [-0.4, -0.2) is 68.2 Å². The van der Waals surface area contributed by atoms with Crippen LogP contribution < -0.4 is 10.6 Å². The first-order valence-corrected chi connectivity index (χ1v) is 14.0. The van der Waals surface area contributed by atoms with Crippen molar-refractivity contribution in [1.82, 2.24) is 20.4 Å². The van der Waals surface area contributed by atoms with Gasteiger partial charge in [-0.2, -0.15) is 0 Å². The van der Waals surface area contributed by atoms with E-state index >= 15 is 0 Å². The summed E-state index contributed by atoms with van der Waals surface area (Å²) < 4.78 is 0. The molecule has 0 radical (unpaired) electrons. The molecule has 0 spiro atoms. The maximum absolute atomic E-state index is 13.5. The van der Waals surface area contributed by atoms with Crippen molar-refractivity contribution in [2.45, 2.75) is 25.2 Å². The van der Waals surface area contributed by atoms with Crippen LogP contribution in [0.25, 0.3) is 0 Å². The molecule has 1 fully saturated rings. The van der Waals surface area contributed by atoms with E-state index in [9.17, 15) is 4.79 Å². The molecule has 0 aromatic heterocycles. The average Bonchev–Trinajstić information content (AvgIpc) is 3.23. The first kappa shape index (κ1) is 27.6. The summed E-state index contributed by atoms with van der Waals surface area (Å²) in [6, 6.07) is 31.5. The van der Waals surface area contributed by atoms with Crippen molar-refractivity contribution in [2.24, 2.45) is 0 Å². The zero-order valence-electron chi connectivity index (χ0n) is 22.5. The molecule has 5 nitrogen and oxygen atoms in total. The van der Waals surface area contributed by atoms with Gasteiger partial charge in [0.15, 0.2) is 0 Å². The maximum atomic E-state index is 13.5. The summed E-state index contributed by atoms with van der Waals surface area (Å²) in [5.74, 6) is 0.224. The number of nitrogens with one attached hydrogen (secondary N) is 2. The van der Waals surface area contributed by atoms with Gasteiger partial charge in [-0.1, -0.05) is 97.6 Å². The lowest BCUT2D eigenvalue weighted by atomic mass is 9.88. The van der Waals surface area contributed by atoms with Gasteiger partial charge in [0.1, 0.15) is 0 Å². The molecule has 5 heteroatoms. The Kier molecular flexibility index (Phi) is 11.0. The SMILES string of the molecule is C=C(CN1CCCNCC1)CN(CCC(c1ccccc1)c1ccccc1)C(=O)NCCc1ccccc1. The molecule has 0 saturated carbocycles. The van der Waals surface area contributed by atoms with E-state index in [1.165, 1.54) is 16.7 Å². The number of carbonyl (C=O) groups excluding carboxylic acids is 1. The first-order chi connectivity index (χ1) is 18.7.